The Kier molecular flexibility index (Phi) is 5.50. The minimum atomic E-state index is -0.108. The van der Waals surface area contributed by atoms with E-state index in [1.54, 1.807) is 19.2 Å². The first-order valence-electron chi connectivity index (χ1n) is 9.27. The number of anilines is 3. The zero-order valence-electron chi connectivity index (χ0n) is 16.4. The predicted molar refractivity (Wildman–Crippen MR) is 121 cm³/mol. The number of nitrogens with one attached hydrogen (secondary N) is 2. The van der Waals surface area contributed by atoms with Gasteiger partial charge in [-0.3, -0.25) is 4.79 Å². The molecule has 0 saturated carbocycles. The van der Waals surface area contributed by atoms with Crippen LogP contribution in [-0.4, -0.2) is 23.0 Å². The number of nitrogens with zero attached hydrogens (tertiary/aromatic N) is 2. The van der Waals surface area contributed by atoms with Crippen molar-refractivity contribution in [2.75, 3.05) is 17.7 Å². The largest absolute Gasteiger partial charge is 0.495 e. The van der Waals surface area contributed by atoms with Gasteiger partial charge in [0.25, 0.3) is 0 Å². The Labute approximate surface area is 178 Å². The van der Waals surface area contributed by atoms with E-state index in [1.165, 1.54) is 13.3 Å². The number of carbonyl (C=O) groups is 1. The Morgan fingerprint density at radius 3 is 2.57 bits per heavy atom. The van der Waals surface area contributed by atoms with E-state index in [4.69, 9.17) is 16.3 Å². The minimum Gasteiger partial charge on any atom is -0.495 e. The van der Waals surface area contributed by atoms with Crippen molar-refractivity contribution >= 4 is 45.6 Å². The molecule has 2 N–H and O–H groups in total. The summed E-state index contributed by atoms with van der Waals surface area (Å²) in [5.74, 6) is 1.17. The molecule has 3 aromatic carbocycles. The van der Waals surface area contributed by atoms with Crippen LogP contribution in [0.25, 0.3) is 22.0 Å². The van der Waals surface area contributed by atoms with Gasteiger partial charge in [0.2, 0.25) is 5.91 Å². The first-order valence-corrected chi connectivity index (χ1v) is 9.64. The quantitative estimate of drug-likeness (QED) is 0.437. The number of rotatable bonds is 5. The molecule has 0 aliphatic carbocycles. The number of carbonyl (C=O) groups excluding carboxylic acids is 1. The molecule has 7 heteroatoms. The van der Waals surface area contributed by atoms with Crippen LogP contribution in [0.5, 0.6) is 5.75 Å². The highest BCUT2D eigenvalue weighted by atomic mass is 35.5. The second-order valence-electron chi connectivity index (χ2n) is 6.69. The molecule has 1 aromatic heterocycles. The molecule has 6 nitrogen and oxygen atoms in total. The van der Waals surface area contributed by atoms with Gasteiger partial charge in [0.15, 0.2) is 0 Å². The summed E-state index contributed by atoms with van der Waals surface area (Å²) in [5.41, 5.74) is 4.31. The van der Waals surface area contributed by atoms with Crippen LogP contribution in [0.2, 0.25) is 5.02 Å². The Bertz CT molecular complexity index is 1240. The summed E-state index contributed by atoms with van der Waals surface area (Å²) < 4.78 is 5.21. The number of ether oxygens (including phenoxy) is 1. The number of hydrogen-bond acceptors (Lipinski definition) is 5. The van der Waals surface area contributed by atoms with Crippen LogP contribution in [0.1, 0.15) is 6.92 Å². The topological polar surface area (TPSA) is 76.1 Å². The summed E-state index contributed by atoms with van der Waals surface area (Å²) in [6, 6.07) is 19.1. The molecule has 0 fully saturated rings. The molecular formula is C23H19ClN4O2. The standard InChI is InChI=1S/C23H19ClN4O2/c1-14(29)27-17-5-3-4-15(10-17)16-6-8-21-19(11-16)23(26-13-25-21)28-18-7-9-22(30-2)20(24)12-18/h3-13H,1-2H3,(H,27,29)(H,25,26,28). The molecule has 1 heterocycles. The smallest absolute Gasteiger partial charge is 0.221 e. The van der Waals surface area contributed by atoms with Gasteiger partial charge >= 0.3 is 0 Å². The summed E-state index contributed by atoms with van der Waals surface area (Å²) in [6.45, 7) is 1.49. The van der Waals surface area contributed by atoms with Crippen LogP contribution in [0, 0.1) is 0 Å². The van der Waals surface area contributed by atoms with Crippen LogP contribution < -0.4 is 15.4 Å². The first-order chi connectivity index (χ1) is 14.5. The number of methoxy groups -OCH3 is 1. The molecule has 4 rings (SSSR count). The molecule has 0 aliphatic rings. The highest BCUT2D eigenvalue weighted by molar-refractivity contribution is 6.32. The van der Waals surface area contributed by atoms with Crippen molar-refractivity contribution in [3.63, 3.8) is 0 Å². The summed E-state index contributed by atoms with van der Waals surface area (Å²) in [6.07, 6.45) is 1.52. The number of benzene rings is 3. The van der Waals surface area contributed by atoms with E-state index in [9.17, 15) is 4.79 Å². The lowest BCUT2D eigenvalue weighted by atomic mass is 10.0. The highest BCUT2D eigenvalue weighted by Gasteiger charge is 2.09. The van der Waals surface area contributed by atoms with Crippen molar-refractivity contribution in [3.8, 4) is 16.9 Å². The van der Waals surface area contributed by atoms with Gasteiger partial charge in [-0.1, -0.05) is 29.8 Å². The fourth-order valence-corrected chi connectivity index (χ4v) is 3.45. The first kappa shape index (κ1) is 19.7. The van der Waals surface area contributed by atoms with E-state index in [2.05, 4.69) is 20.6 Å². The lowest BCUT2D eigenvalue weighted by molar-refractivity contribution is -0.114. The lowest BCUT2D eigenvalue weighted by Crippen LogP contribution is -2.05. The van der Waals surface area contributed by atoms with Gasteiger partial charge in [-0.25, -0.2) is 9.97 Å². The molecule has 0 bridgehead atoms. The number of halogens is 1. The maximum absolute atomic E-state index is 11.4. The SMILES string of the molecule is COc1ccc(Nc2ncnc3ccc(-c4cccc(NC(C)=O)c4)cc23)cc1Cl. The second kappa shape index (κ2) is 8.39. The Hall–Kier alpha value is -3.64. The van der Waals surface area contributed by atoms with Crippen molar-refractivity contribution in [2.24, 2.45) is 0 Å². The third kappa shape index (κ3) is 4.18. The molecule has 0 unspecified atom stereocenters. The average Bonchev–Trinajstić information content (AvgIpc) is 2.73. The number of fused-ring (bicyclic) bond motifs is 1. The molecule has 4 aromatic rings. The van der Waals surface area contributed by atoms with E-state index in [0.717, 1.165) is 33.4 Å². The molecule has 0 spiro atoms. The fourth-order valence-electron chi connectivity index (χ4n) is 3.20. The lowest BCUT2D eigenvalue weighted by Gasteiger charge is -2.12. The van der Waals surface area contributed by atoms with Crippen molar-refractivity contribution in [3.05, 3.63) is 72.0 Å². The van der Waals surface area contributed by atoms with E-state index in [1.807, 2.05) is 48.5 Å². The van der Waals surface area contributed by atoms with Gasteiger partial charge in [-0.2, -0.15) is 0 Å². The maximum Gasteiger partial charge on any atom is 0.221 e. The van der Waals surface area contributed by atoms with Crippen molar-refractivity contribution in [1.82, 2.24) is 9.97 Å². The van der Waals surface area contributed by atoms with Crippen LogP contribution >= 0.6 is 11.6 Å². The predicted octanol–water partition coefficient (Wildman–Crippen LogP) is 5.66. The zero-order chi connectivity index (χ0) is 21.1. The Balaban J connectivity index is 1.72. The maximum atomic E-state index is 11.4. The van der Waals surface area contributed by atoms with Crippen molar-refractivity contribution in [2.45, 2.75) is 6.92 Å². The molecule has 0 radical (unpaired) electrons. The molecule has 0 aliphatic heterocycles. The van der Waals surface area contributed by atoms with Gasteiger partial charge in [-0.15, -0.1) is 0 Å². The van der Waals surface area contributed by atoms with Gasteiger partial charge in [-0.05, 0) is 53.6 Å². The summed E-state index contributed by atoms with van der Waals surface area (Å²) in [7, 11) is 1.58. The molecule has 0 saturated heterocycles. The molecular weight excluding hydrogens is 400 g/mol. The zero-order valence-corrected chi connectivity index (χ0v) is 17.2. The van der Waals surface area contributed by atoms with Crippen LogP contribution in [0.4, 0.5) is 17.2 Å². The number of aromatic nitrogens is 2. The normalized spacial score (nSPS) is 10.6. The Morgan fingerprint density at radius 2 is 1.80 bits per heavy atom. The summed E-state index contributed by atoms with van der Waals surface area (Å²) in [4.78, 5) is 20.1. The monoisotopic (exact) mass is 418 g/mol. The fraction of sp³-hybridized carbons (Fsp3) is 0.0870. The van der Waals surface area contributed by atoms with E-state index < -0.39 is 0 Å². The van der Waals surface area contributed by atoms with Crippen LogP contribution in [0.3, 0.4) is 0 Å². The van der Waals surface area contributed by atoms with E-state index in [0.29, 0.717) is 16.6 Å². The summed E-state index contributed by atoms with van der Waals surface area (Å²) in [5, 5.41) is 7.50. The van der Waals surface area contributed by atoms with Crippen LogP contribution in [-0.2, 0) is 4.79 Å². The molecule has 30 heavy (non-hydrogen) atoms. The van der Waals surface area contributed by atoms with E-state index in [-0.39, 0.29) is 5.91 Å². The second-order valence-corrected chi connectivity index (χ2v) is 7.10. The van der Waals surface area contributed by atoms with Gasteiger partial charge < -0.3 is 15.4 Å². The minimum absolute atomic E-state index is 0.108. The highest BCUT2D eigenvalue weighted by Crippen LogP contribution is 2.32. The van der Waals surface area contributed by atoms with E-state index >= 15 is 0 Å². The van der Waals surface area contributed by atoms with Gasteiger partial charge in [0.1, 0.15) is 17.9 Å². The van der Waals surface area contributed by atoms with Crippen molar-refractivity contribution in [1.29, 1.82) is 0 Å². The van der Waals surface area contributed by atoms with Crippen molar-refractivity contribution < 1.29 is 9.53 Å². The molecule has 150 valence electrons. The third-order valence-electron chi connectivity index (χ3n) is 4.57. The number of amides is 1. The molecule has 1 amide bonds. The van der Waals surface area contributed by atoms with Crippen LogP contribution in [0.15, 0.2) is 67.0 Å². The van der Waals surface area contributed by atoms with Gasteiger partial charge in [0, 0.05) is 23.7 Å². The number of hydrogen-bond donors (Lipinski definition) is 2. The Morgan fingerprint density at radius 1 is 0.967 bits per heavy atom. The average molecular weight is 419 g/mol. The molecule has 0 atom stereocenters. The third-order valence-corrected chi connectivity index (χ3v) is 4.86. The summed E-state index contributed by atoms with van der Waals surface area (Å²) >= 11 is 6.24. The van der Waals surface area contributed by atoms with Gasteiger partial charge in [0.05, 0.1) is 17.6 Å².